The molecule has 0 bridgehead atoms. The number of nitrogens with zero attached hydrogens (tertiary/aromatic N) is 3. The Labute approximate surface area is 126 Å². The summed E-state index contributed by atoms with van der Waals surface area (Å²) in [5, 5.41) is 18.8. The van der Waals surface area contributed by atoms with Gasteiger partial charge in [-0.3, -0.25) is 0 Å². The van der Waals surface area contributed by atoms with Crippen LogP contribution in [0, 0.1) is 25.2 Å². The van der Waals surface area contributed by atoms with E-state index < -0.39 is 5.97 Å². The van der Waals surface area contributed by atoms with Gasteiger partial charge in [-0.15, -0.1) is 11.8 Å². The molecule has 1 N–H and O–H groups in total. The zero-order valence-corrected chi connectivity index (χ0v) is 12.4. The van der Waals surface area contributed by atoms with Gasteiger partial charge in [0.25, 0.3) is 0 Å². The summed E-state index contributed by atoms with van der Waals surface area (Å²) >= 11 is 1.30. The first-order valence-electron chi connectivity index (χ1n) is 6.21. The smallest absolute Gasteiger partial charge is 0.338 e. The summed E-state index contributed by atoms with van der Waals surface area (Å²) in [6.45, 7) is 3.58. The lowest BCUT2D eigenvalue weighted by atomic mass is 10.1. The highest BCUT2D eigenvalue weighted by Crippen LogP contribution is 2.27. The largest absolute Gasteiger partial charge is 0.478 e. The first-order valence-corrected chi connectivity index (χ1v) is 7.20. The van der Waals surface area contributed by atoms with Gasteiger partial charge < -0.3 is 5.11 Å². The lowest BCUT2D eigenvalue weighted by Crippen LogP contribution is -2.05. The molecule has 21 heavy (non-hydrogen) atoms. The van der Waals surface area contributed by atoms with Gasteiger partial charge in [-0.2, -0.15) is 5.26 Å². The Hall–Kier alpha value is -2.39. The Morgan fingerprint density at radius 2 is 2.24 bits per heavy atom. The second-order valence-corrected chi connectivity index (χ2v) is 5.44. The number of rotatable bonds is 4. The van der Waals surface area contributed by atoms with Crippen LogP contribution in [-0.2, 0) is 5.75 Å². The minimum absolute atomic E-state index is 0.216. The van der Waals surface area contributed by atoms with E-state index in [0.29, 0.717) is 22.0 Å². The highest BCUT2D eigenvalue weighted by Gasteiger charge is 2.16. The van der Waals surface area contributed by atoms with Crippen LogP contribution in [0.3, 0.4) is 0 Å². The summed E-state index contributed by atoms with van der Waals surface area (Å²) in [5.41, 5.74) is 2.79. The fourth-order valence-electron chi connectivity index (χ4n) is 1.97. The second-order valence-electron chi connectivity index (χ2n) is 4.48. The molecule has 2 heterocycles. The number of nitriles is 1. The number of hydrogen-bond donors (Lipinski definition) is 1. The molecule has 106 valence electrons. The second kappa shape index (κ2) is 6.37. The molecule has 0 aromatic carbocycles. The minimum Gasteiger partial charge on any atom is -0.478 e. The van der Waals surface area contributed by atoms with Gasteiger partial charge >= 0.3 is 5.97 Å². The Morgan fingerprint density at radius 3 is 2.90 bits per heavy atom. The minimum atomic E-state index is -0.991. The van der Waals surface area contributed by atoms with Crippen molar-refractivity contribution in [3.8, 4) is 6.07 Å². The lowest BCUT2D eigenvalue weighted by Gasteiger charge is -2.09. The molecule has 0 aliphatic heterocycles. The maximum Gasteiger partial charge on any atom is 0.338 e. The highest BCUT2D eigenvalue weighted by atomic mass is 32.2. The Morgan fingerprint density at radius 1 is 1.48 bits per heavy atom. The van der Waals surface area contributed by atoms with E-state index in [-0.39, 0.29) is 5.56 Å². The summed E-state index contributed by atoms with van der Waals surface area (Å²) in [5.74, 6) is -0.540. The topological polar surface area (TPSA) is 86.9 Å². The van der Waals surface area contributed by atoms with Crippen molar-refractivity contribution in [3.05, 3.63) is 52.5 Å². The van der Waals surface area contributed by atoms with Crippen molar-refractivity contribution in [2.45, 2.75) is 24.6 Å². The fraction of sp³-hybridized carbons (Fsp3) is 0.200. The molecule has 0 unspecified atom stereocenters. The fourth-order valence-corrected chi connectivity index (χ4v) is 3.10. The molecule has 0 fully saturated rings. The van der Waals surface area contributed by atoms with E-state index in [1.807, 2.05) is 19.1 Å². The first kappa shape index (κ1) is 15.0. The molecule has 0 atom stereocenters. The number of carboxylic acid groups (broad SMARTS) is 1. The Balaban J connectivity index is 2.32. The standard InChI is InChI=1S/C15H13N3O2S/c1-9-6-10(2)18-14(13(9)15(19)20)21-8-11-4-3-5-17-12(11)7-16/h3-6H,8H2,1-2H3,(H,19,20). The Bertz CT molecular complexity index is 738. The molecule has 0 saturated heterocycles. The third-order valence-corrected chi connectivity index (χ3v) is 3.91. The number of aromatic carboxylic acids is 1. The number of thioether (sulfide) groups is 1. The Kier molecular flexibility index (Phi) is 4.55. The molecule has 0 amide bonds. The number of carboxylic acids is 1. The van der Waals surface area contributed by atoms with E-state index in [9.17, 15) is 9.90 Å². The first-order chi connectivity index (χ1) is 10.0. The van der Waals surface area contributed by atoms with Crippen LogP contribution in [0.2, 0.25) is 0 Å². The summed E-state index contributed by atoms with van der Waals surface area (Å²) in [6.07, 6.45) is 1.56. The molecule has 2 rings (SSSR count). The maximum atomic E-state index is 11.4. The van der Waals surface area contributed by atoms with Crippen molar-refractivity contribution in [2.24, 2.45) is 0 Å². The van der Waals surface area contributed by atoms with E-state index in [1.54, 1.807) is 25.3 Å². The molecule has 0 aliphatic rings. The van der Waals surface area contributed by atoms with Crippen molar-refractivity contribution in [2.75, 3.05) is 0 Å². The highest BCUT2D eigenvalue weighted by molar-refractivity contribution is 7.98. The van der Waals surface area contributed by atoms with E-state index >= 15 is 0 Å². The molecule has 0 saturated carbocycles. The van der Waals surface area contributed by atoms with Crippen LogP contribution in [0.5, 0.6) is 0 Å². The number of pyridine rings is 2. The molecule has 0 radical (unpaired) electrons. The van der Waals surface area contributed by atoms with Gasteiger partial charge in [0.05, 0.1) is 5.56 Å². The number of carbonyl (C=O) groups is 1. The summed E-state index contributed by atoms with van der Waals surface area (Å²) in [6, 6.07) is 7.34. The van der Waals surface area contributed by atoms with Gasteiger partial charge in [0.15, 0.2) is 0 Å². The zero-order valence-electron chi connectivity index (χ0n) is 11.6. The van der Waals surface area contributed by atoms with E-state index in [4.69, 9.17) is 5.26 Å². The third-order valence-electron chi connectivity index (χ3n) is 2.89. The third kappa shape index (κ3) is 3.38. The molecule has 2 aromatic heterocycles. The molecule has 6 heteroatoms. The van der Waals surface area contributed by atoms with Crippen molar-refractivity contribution in [1.82, 2.24) is 9.97 Å². The lowest BCUT2D eigenvalue weighted by molar-refractivity contribution is 0.0691. The van der Waals surface area contributed by atoms with Crippen LogP contribution in [0.15, 0.2) is 29.4 Å². The van der Waals surface area contributed by atoms with E-state index in [1.165, 1.54) is 11.8 Å². The van der Waals surface area contributed by atoms with E-state index in [0.717, 1.165) is 11.3 Å². The van der Waals surface area contributed by atoms with Gasteiger partial charge in [-0.25, -0.2) is 14.8 Å². The predicted molar refractivity (Wildman–Crippen MR) is 79.2 cm³/mol. The van der Waals surface area contributed by atoms with Gasteiger partial charge in [0, 0.05) is 17.6 Å². The van der Waals surface area contributed by atoms with Crippen molar-refractivity contribution in [3.63, 3.8) is 0 Å². The van der Waals surface area contributed by atoms with Crippen LogP contribution < -0.4 is 0 Å². The summed E-state index contributed by atoms with van der Waals surface area (Å²) in [7, 11) is 0. The van der Waals surface area contributed by atoms with Crippen molar-refractivity contribution >= 4 is 17.7 Å². The quantitative estimate of drug-likeness (QED) is 0.873. The van der Waals surface area contributed by atoms with Gasteiger partial charge in [-0.05, 0) is 37.1 Å². The summed E-state index contributed by atoms with van der Waals surface area (Å²) in [4.78, 5) is 19.7. The van der Waals surface area contributed by atoms with Crippen LogP contribution in [0.1, 0.15) is 32.9 Å². The van der Waals surface area contributed by atoms with E-state index in [2.05, 4.69) is 9.97 Å². The van der Waals surface area contributed by atoms with Crippen LogP contribution in [0.25, 0.3) is 0 Å². The maximum absolute atomic E-state index is 11.4. The SMILES string of the molecule is Cc1cc(C)c(C(=O)O)c(SCc2cccnc2C#N)n1. The van der Waals surface area contributed by atoms with Gasteiger partial charge in [0.1, 0.15) is 16.8 Å². The predicted octanol–water partition coefficient (Wildman–Crippen LogP) is 2.96. The van der Waals surface area contributed by atoms with Crippen molar-refractivity contribution in [1.29, 1.82) is 5.26 Å². The van der Waals surface area contributed by atoms with Crippen molar-refractivity contribution < 1.29 is 9.90 Å². The molecule has 0 spiro atoms. The number of aryl methyl sites for hydroxylation is 2. The molecule has 2 aromatic rings. The van der Waals surface area contributed by atoms with Crippen LogP contribution >= 0.6 is 11.8 Å². The zero-order chi connectivity index (χ0) is 15.4. The molecular formula is C15H13N3O2S. The number of hydrogen-bond acceptors (Lipinski definition) is 5. The average Bonchev–Trinajstić information content (AvgIpc) is 2.44. The number of aromatic nitrogens is 2. The average molecular weight is 299 g/mol. The molecule has 0 aliphatic carbocycles. The van der Waals surface area contributed by atoms with Gasteiger partial charge in [0.2, 0.25) is 0 Å². The molecular weight excluding hydrogens is 286 g/mol. The molecule has 5 nitrogen and oxygen atoms in total. The summed E-state index contributed by atoms with van der Waals surface area (Å²) < 4.78 is 0. The van der Waals surface area contributed by atoms with Crippen LogP contribution in [0.4, 0.5) is 0 Å². The van der Waals surface area contributed by atoms with Crippen LogP contribution in [-0.4, -0.2) is 21.0 Å². The monoisotopic (exact) mass is 299 g/mol. The normalized spacial score (nSPS) is 10.1. The van der Waals surface area contributed by atoms with Gasteiger partial charge in [-0.1, -0.05) is 6.07 Å².